The highest BCUT2D eigenvalue weighted by atomic mass is 32.1. The monoisotopic (exact) mass is 403 g/mol. The molecule has 0 saturated carbocycles. The summed E-state index contributed by atoms with van der Waals surface area (Å²) >= 11 is 1.71. The van der Waals surface area contributed by atoms with Gasteiger partial charge >= 0.3 is 5.97 Å². The highest BCUT2D eigenvalue weighted by Crippen LogP contribution is 2.18. The smallest absolute Gasteiger partial charge is 0.323 e. The van der Waals surface area contributed by atoms with Crippen molar-refractivity contribution >= 4 is 17.3 Å². The third-order valence-corrected chi connectivity index (χ3v) is 5.40. The Kier molecular flexibility index (Phi) is 10.7. The fraction of sp³-hybridized carbons (Fsp3) is 0.522. The van der Waals surface area contributed by atoms with Crippen molar-refractivity contribution in [2.45, 2.75) is 65.0 Å². The molecule has 4 nitrogen and oxygen atoms in total. The summed E-state index contributed by atoms with van der Waals surface area (Å²) in [4.78, 5) is 13.2. The van der Waals surface area contributed by atoms with Crippen LogP contribution in [-0.4, -0.2) is 25.2 Å². The minimum Gasteiger partial charge on any atom is -0.488 e. The fourth-order valence-electron chi connectivity index (χ4n) is 3.02. The van der Waals surface area contributed by atoms with E-state index in [9.17, 15) is 4.79 Å². The molecular weight excluding hydrogens is 370 g/mol. The first kappa shape index (κ1) is 22.4. The van der Waals surface area contributed by atoms with E-state index in [-0.39, 0.29) is 12.0 Å². The number of hydrogen-bond donors (Lipinski definition) is 1. The predicted octanol–water partition coefficient (Wildman–Crippen LogP) is 5.36. The van der Waals surface area contributed by atoms with E-state index >= 15 is 0 Å². The molecule has 5 heteroatoms. The van der Waals surface area contributed by atoms with E-state index in [0.29, 0.717) is 13.2 Å². The van der Waals surface area contributed by atoms with Crippen molar-refractivity contribution in [3.05, 3.63) is 52.2 Å². The number of esters is 1. The van der Waals surface area contributed by atoms with E-state index in [1.165, 1.54) is 10.4 Å². The summed E-state index contributed by atoms with van der Waals surface area (Å²) in [6.45, 7) is 5.88. The molecule has 0 saturated heterocycles. The van der Waals surface area contributed by atoms with Crippen molar-refractivity contribution in [3.8, 4) is 5.75 Å². The van der Waals surface area contributed by atoms with E-state index in [0.717, 1.165) is 50.8 Å². The summed E-state index contributed by atoms with van der Waals surface area (Å²) in [6.07, 6.45) is 6.18. The molecule has 1 N–H and O–H groups in total. The zero-order valence-electron chi connectivity index (χ0n) is 17.1. The van der Waals surface area contributed by atoms with Gasteiger partial charge in [-0.1, -0.05) is 38.0 Å². The fourth-order valence-corrected chi connectivity index (χ4v) is 3.64. The Morgan fingerprint density at radius 3 is 2.61 bits per heavy atom. The summed E-state index contributed by atoms with van der Waals surface area (Å²) in [6, 6.07) is 12.4. The second-order valence-electron chi connectivity index (χ2n) is 6.87. The summed E-state index contributed by atoms with van der Waals surface area (Å²) in [5.74, 6) is 0.797. The second kappa shape index (κ2) is 13.3. The van der Waals surface area contributed by atoms with Crippen LogP contribution >= 0.6 is 11.3 Å². The Labute approximate surface area is 173 Å². The van der Waals surface area contributed by atoms with Crippen LogP contribution in [0.25, 0.3) is 0 Å². The van der Waals surface area contributed by atoms with Crippen molar-refractivity contribution in [1.29, 1.82) is 0 Å². The average Bonchev–Trinajstić information content (AvgIpc) is 3.23. The molecule has 1 atom stereocenters. The molecule has 0 aliphatic carbocycles. The SMILES string of the molecule is CCCNC(CCCCCc1ccc(OCc2cccs2)cc1)C(=O)OCC. The number of carbonyl (C=O) groups excluding carboxylic acids is 1. The van der Waals surface area contributed by atoms with Crippen molar-refractivity contribution in [2.24, 2.45) is 0 Å². The normalized spacial score (nSPS) is 11.9. The Morgan fingerprint density at radius 1 is 1.11 bits per heavy atom. The van der Waals surface area contributed by atoms with Crippen LogP contribution in [0.4, 0.5) is 0 Å². The van der Waals surface area contributed by atoms with Crippen molar-refractivity contribution in [2.75, 3.05) is 13.2 Å². The van der Waals surface area contributed by atoms with E-state index in [1.807, 2.05) is 25.1 Å². The highest BCUT2D eigenvalue weighted by Gasteiger charge is 2.17. The maximum absolute atomic E-state index is 12.0. The van der Waals surface area contributed by atoms with Crippen LogP contribution < -0.4 is 10.1 Å². The van der Waals surface area contributed by atoms with E-state index in [1.54, 1.807) is 11.3 Å². The lowest BCUT2D eigenvalue weighted by molar-refractivity contribution is -0.145. The predicted molar refractivity (Wildman–Crippen MR) is 116 cm³/mol. The molecule has 0 fully saturated rings. The number of ether oxygens (including phenoxy) is 2. The number of nitrogens with one attached hydrogen (secondary N) is 1. The molecule has 2 rings (SSSR count). The molecule has 0 amide bonds. The third kappa shape index (κ3) is 8.44. The minimum absolute atomic E-state index is 0.117. The topological polar surface area (TPSA) is 47.6 Å². The number of thiophene rings is 1. The lowest BCUT2D eigenvalue weighted by Gasteiger charge is -2.16. The average molecular weight is 404 g/mol. The zero-order valence-corrected chi connectivity index (χ0v) is 17.9. The number of rotatable bonds is 14. The van der Waals surface area contributed by atoms with Gasteiger partial charge in [0.15, 0.2) is 0 Å². The van der Waals surface area contributed by atoms with Crippen LogP contribution in [0.2, 0.25) is 0 Å². The Hall–Kier alpha value is -1.85. The first-order chi connectivity index (χ1) is 13.7. The van der Waals surface area contributed by atoms with Crippen LogP contribution in [0.15, 0.2) is 41.8 Å². The van der Waals surface area contributed by atoms with Crippen LogP contribution in [0.1, 0.15) is 56.4 Å². The summed E-state index contributed by atoms with van der Waals surface area (Å²) < 4.78 is 11.0. The molecule has 1 heterocycles. The Bertz CT molecular complexity index is 655. The van der Waals surface area contributed by atoms with Gasteiger partial charge in [-0.25, -0.2) is 0 Å². The molecule has 0 bridgehead atoms. The number of unbranched alkanes of at least 4 members (excludes halogenated alkanes) is 2. The molecule has 154 valence electrons. The summed E-state index contributed by atoms with van der Waals surface area (Å²) in [5, 5.41) is 5.37. The maximum Gasteiger partial charge on any atom is 0.323 e. The van der Waals surface area contributed by atoms with Gasteiger partial charge in [0.2, 0.25) is 0 Å². The molecular formula is C23H33NO3S. The van der Waals surface area contributed by atoms with Gasteiger partial charge in [-0.3, -0.25) is 4.79 Å². The van der Waals surface area contributed by atoms with Gasteiger partial charge in [-0.05, 0) is 68.3 Å². The van der Waals surface area contributed by atoms with Gasteiger partial charge in [-0.2, -0.15) is 0 Å². The van der Waals surface area contributed by atoms with Gasteiger partial charge in [-0.15, -0.1) is 11.3 Å². The molecule has 0 radical (unpaired) electrons. The molecule has 28 heavy (non-hydrogen) atoms. The van der Waals surface area contributed by atoms with Gasteiger partial charge in [0.05, 0.1) is 6.61 Å². The molecule has 2 aromatic rings. The lowest BCUT2D eigenvalue weighted by Crippen LogP contribution is -2.38. The van der Waals surface area contributed by atoms with Gasteiger partial charge < -0.3 is 14.8 Å². The maximum atomic E-state index is 12.0. The number of hydrogen-bond acceptors (Lipinski definition) is 5. The first-order valence-corrected chi connectivity index (χ1v) is 11.2. The van der Waals surface area contributed by atoms with E-state index in [2.05, 4.69) is 35.8 Å². The van der Waals surface area contributed by atoms with Gasteiger partial charge in [0.25, 0.3) is 0 Å². The first-order valence-electron chi connectivity index (χ1n) is 10.4. The van der Waals surface area contributed by atoms with Crippen molar-refractivity contribution in [1.82, 2.24) is 5.32 Å². The third-order valence-electron chi connectivity index (χ3n) is 4.55. The lowest BCUT2D eigenvalue weighted by atomic mass is 10.0. The molecule has 1 aromatic carbocycles. The quantitative estimate of drug-likeness (QED) is 0.341. The van der Waals surface area contributed by atoms with Gasteiger partial charge in [0.1, 0.15) is 18.4 Å². The van der Waals surface area contributed by atoms with E-state index in [4.69, 9.17) is 9.47 Å². The number of benzene rings is 1. The molecule has 1 unspecified atom stereocenters. The standard InChI is InChI=1S/C23H33NO3S/c1-3-16-24-22(23(25)26-4-2)11-7-5-6-9-19-12-14-20(15-13-19)27-18-21-10-8-17-28-21/h8,10,12-15,17,22,24H,3-7,9,11,16,18H2,1-2H3. The molecule has 1 aromatic heterocycles. The van der Waals surface area contributed by atoms with Crippen LogP contribution in [0, 0.1) is 0 Å². The highest BCUT2D eigenvalue weighted by molar-refractivity contribution is 7.09. The molecule has 0 aliphatic heterocycles. The zero-order chi connectivity index (χ0) is 20.0. The second-order valence-corrected chi connectivity index (χ2v) is 7.90. The largest absolute Gasteiger partial charge is 0.488 e. The van der Waals surface area contributed by atoms with Crippen LogP contribution in [0.3, 0.4) is 0 Å². The van der Waals surface area contributed by atoms with Gasteiger partial charge in [0, 0.05) is 4.88 Å². The molecule has 0 aliphatic rings. The van der Waals surface area contributed by atoms with Crippen LogP contribution in [0.5, 0.6) is 5.75 Å². The summed E-state index contributed by atoms with van der Waals surface area (Å²) in [7, 11) is 0. The van der Waals surface area contributed by atoms with Crippen molar-refractivity contribution in [3.63, 3.8) is 0 Å². The van der Waals surface area contributed by atoms with Crippen LogP contribution in [-0.2, 0) is 22.6 Å². The summed E-state index contributed by atoms with van der Waals surface area (Å²) in [5.41, 5.74) is 1.33. The number of carbonyl (C=O) groups is 1. The van der Waals surface area contributed by atoms with E-state index < -0.39 is 0 Å². The number of aryl methyl sites for hydroxylation is 1. The Morgan fingerprint density at radius 2 is 1.93 bits per heavy atom. The Balaban J connectivity index is 1.64. The minimum atomic E-state index is -0.167. The molecule has 0 spiro atoms. The van der Waals surface area contributed by atoms with Crippen molar-refractivity contribution < 1.29 is 14.3 Å².